The summed E-state index contributed by atoms with van der Waals surface area (Å²) in [4.78, 5) is 30.2. The van der Waals surface area contributed by atoms with Gasteiger partial charge >= 0.3 is 0 Å². The van der Waals surface area contributed by atoms with E-state index in [1.54, 1.807) is 48.5 Å². The maximum absolute atomic E-state index is 10.6. The van der Waals surface area contributed by atoms with E-state index in [0.29, 0.717) is 30.6 Å². The van der Waals surface area contributed by atoms with Crippen LogP contribution in [0.4, 0.5) is 17.1 Å². The van der Waals surface area contributed by atoms with E-state index in [-0.39, 0.29) is 25.0 Å². The van der Waals surface area contributed by atoms with Crippen LogP contribution < -0.4 is 43.6 Å². The van der Waals surface area contributed by atoms with E-state index in [1.165, 1.54) is 24.3 Å². The first-order valence-corrected chi connectivity index (χ1v) is 22.1. The van der Waals surface area contributed by atoms with Gasteiger partial charge in [0.05, 0.1) is 9.85 Å². The summed E-state index contributed by atoms with van der Waals surface area (Å²) < 4.78 is 42.6. The zero-order valence-electron chi connectivity index (χ0n) is 37.0. The molecule has 0 fully saturated rings. The minimum absolute atomic E-state index is 0.0882. The Morgan fingerprint density at radius 3 is 1.11 bits per heavy atom. The molecule has 0 spiro atoms. The van der Waals surface area contributed by atoms with Gasteiger partial charge < -0.3 is 43.6 Å². The molecule has 0 aliphatic carbocycles. The van der Waals surface area contributed by atoms with Crippen LogP contribution in [0.2, 0.25) is 0 Å². The maximum atomic E-state index is 10.6. The van der Waals surface area contributed by atoms with Gasteiger partial charge in [0.2, 0.25) is 27.2 Å². The number of non-ortho nitro benzene ring substituents is 2. The van der Waals surface area contributed by atoms with Gasteiger partial charge in [-0.1, -0.05) is 67.3 Å². The third-order valence-electron chi connectivity index (χ3n) is 9.97. The van der Waals surface area contributed by atoms with Gasteiger partial charge in [0.1, 0.15) is 6.29 Å². The van der Waals surface area contributed by atoms with Gasteiger partial charge in [0.25, 0.3) is 11.4 Å². The van der Waals surface area contributed by atoms with Gasteiger partial charge in [-0.2, -0.15) is 0 Å². The lowest BCUT2D eigenvalue weighted by Gasteiger charge is -1.98. The average molecular weight is 1060 g/mol. The van der Waals surface area contributed by atoms with Crippen LogP contribution in [0.1, 0.15) is 38.2 Å². The van der Waals surface area contributed by atoms with Crippen molar-refractivity contribution in [3.63, 3.8) is 0 Å². The number of nitro benzene ring substituents is 2. The van der Waals surface area contributed by atoms with Crippen LogP contribution >= 0.6 is 22.6 Å². The standard InChI is InChI=1S/C15H11NO4.C15H13NO2.C9H8O2.C8H6O3.C6H4INO2/c17-16(18)13-6-3-11(4-7-13)1-2-12-5-8-14-15(9-12)20-10-19-14;16-13-6-3-11(4-7-13)1-2-12-5-8-14-15(9-12)18-10-17-14;1-2-7-3-4-8-9(5-7)11-6-10-8;9-4-6-1-2-7-8(3-6)11-5-10-7;7-5-1-3-6(4-2-5)8(9)10/h1-9H,10H2;1-9H,10,16H2;2-5H,1,6H2;1-4H,5H2;1-4H/b2*2-1+;;;. The Bertz CT molecular complexity index is 2950. The molecule has 4 aliphatic heterocycles. The van der Waals surface area contributed by atoms with Crippen molar-refractivity contribution < 1.29 is 52.5 Å². The zero-order chi connectivity index (χ0) is 49.2. The summed E-state index contributed by atoms with van der Waals surface area (Å²) in [5.41, 5.74) is 12.4. The van der Waals surface area contributed by atoms with E-state index in [0.717, 1.165) is 77.9 Å². The van der Waals surface area contributed by atoms with Crippen LogP contribution in [-0.2, 0) is 0 Å². The number of nitrogens with two attached hydrogens (primary N) is 1. The number of ether oxygens (including phenoxy) is 8. The molecule has 7 aromatic carbocycles. The molecule has 2 N–H and O–H groups in total. The number of halogens is 1. The van der Waals surface area contributed by atoms with Crippen LogP contribution in [0.5, 0.6) is 46.0 Å². The fourth-order valence-electron chi connectivity index (χ4n) is 6.32. The highest BCUT2D eigenvalue weighted by molar-refractivity contribution is 14.1. The molecule has 11 rings (SSSR count). The highest BCUT2D eigenvalue weighted by atomic mass is 127. The third kappa shape index (κ3) is 14.1. The number of rotatable bonds is 8. The van der Waals surface area contributed by atoms with Crippen LogP contribution in [0, 0.1) is 23.8 Å². The second-order valence-electron chi connectivity index (χ2n) is 14.7. The lowest BCUT2D eigenvalue weighted by molar-refractivity contribution is -0.385. The Labute approximate surface area is 415 Å². The molecular formula is C53H42IN3O13. The van der Waals surface area contributed by atoms with Gasteiger partial charge in [0, 0.05) is 39.1 Å². The second-order valence-corrected chi connectivity index (χ2v) is 15.9. The molecular weight excluding hydrogens is 1010 g/mol. The molecule has 4 aliphatic rings. The molecule has 16 nitrogen and oxygen atoms in total. The van der Waals surface area contributed by atoms with Crippen molar-refractivity contribution in [3.8, 4) is 46.0 Å². The van der Waals surface area contributed by atoms with Crippen LogP contribution in [0.25, 0.3) is 30.4 Å². The Balaban J connectivity index is 0.000000133. The number of anilines is 1. The number of carbonyl (C=O) groups excluding carboxylic acids is 1. The number of nitrogens with zero attached hydrogens (tertiary/aromatic N) is 2. The fraction of sp³-hybridized carbons (Fsp3) is 0.0755. The molecule has 0 radical (unpaired) electrons. The number of nitrogen functional groups attached to an aromatic ring is 1. The normalized spacial score (nSPS) is 12.5. The van der Waals surface area contributed by atoms with Crippen molar-refractivity contribution in [2.75, 3.05) is 32.9 Å². The van der Waals surface area contributed by atoms with Crippen molar-refractivity contribution >= 4 is 76.3 Å². The summed E-state index contributed by atoms with van der Waals surface area (Å²) in [5.74, 6) is 6.06. The van der Waals surface area contributed by atoms with Gasteiger partial charge in [-0.15, -0.1) is 0 Å². The molecule has 0 amide bonds. The quantitative estimate of drug-likeness (QED) is 0.0376. The van der Waals surface area contributed by atoms with Gasteiger partial charge in [-0.25, -0.2) is 0 Å². The number of carbonyl (C=O) groups is 1. The van der Waals surface area contributed by atoms with E-state index in [9.17, 15) is 25.0 Å². The van der Waals surface area contributed by atoms with Crippen LogP contribution in [0.3, 0.4) is 0 Å². The van der Waals surface area contributed by atoms with Crippen molar-refractivity contribution in [2.24, 2.45) is 0 Å². The summed E-state index contributed by atoms with van der Waals surface area (Å²) in [7, 11) is 0. The molecule has 354 valence electrons. The number of aldehydes is 1. The SMILES string of the molecule is C=Cc1ccc2c(c1)OCO2.Nc1ccc(/C=C/c2ccc3c(c2)OCO3)cc1.O=Cc1ccc2c(c1)OCO2.O=[N+]([O-])c1ccc(/C=C/c2ccc3c(c2)OCO3)cc1.O=[N+]([O-])c1ccc(I)cc1. The third-order valence-corrected chi connectivity index (χ3v) is 10.7. The molecule has 0 saturated carbocycles. The maximum Gasteiger partial charge on any atom is 0.269 e. The van der Waals surface area contributed by atoms with E-state index >= 15 is 0 Å². The van der Waals surface area contributed by atoms with Crippen LogP contribution in [0.15, 0.2) is 152 Å². The molecule has 7 aromatic rings. The van der Waals surface area contributed by atoms with Crippen molar-refractivity contribution in [2.45, 2.75) is 0 Å². The summed E-state index contributed by atoms with van der Waals surface area (Å²) >= 11 is 2.10. The highest BCUT2D eigenvalue weighted by Gasteiger charge is 2.15. The second kappa shape index (κ2) is 24.3. The van der Waals surface area contributed by atoms with Crippen molar-refractivity contribution in [1.82, 2.24) is 0 Å². The first kappa shape index (κ1) is 49.1. The van der Waals surface area contributed by atoms with Gasteiger partial charge in [-0.3, -0.25) is 25.0 Å². The molecule has 0 saturated heterocycles. The first-order chi connectivity index (χ1) is 34.0. The smallest absolute Gasteiger partial charge is 0.269 e. The van der Waals surface area contributed by atoms with Crippen LogP contribution in [-0.4, -0.2) is 43.3 Å². The minimum Gasteiger partial charge on any atom is -0.454 e. The van der Waals surface area contributed by atoms with Crippen molar-refractivity contribution in [1.29, 1.82) is 0 Å². The molecule has 0 aromatic heterocycles. The summed E-state index contributed by atoms with van der Waals surface area (Å²) in [6, 6.07) is 42.9. The van der Waals surface area contributed by atoms with E-state index in [2.05, 4.69) is 29.2 Å². The first-order valence-electron chi connectivity index (χ1n) is 21.1. The fourth-order valence-corrected chi connectivity index (χ4v) is 6.68. The highest BCUT2D eigenvalue weighted by Crippen LogP contribution is 2.35. The molecule has 70 heavy (non-hydrogen) atoms. The number of hydrogen-bond acceptors (Lipinski definition) is 14. The Morgan fingerprint density at radius 1 is 0.429 bits per heavy atom. The summed E-state index contributed by atoms with van der Waals surface area (Å²) in [5, 5.41) is 20.7. The molecule has 17 heteroatoms. The van der Waals surface area contributed by atoms with E-state index in [1.807, 2.05) is 103 Å². The topological polar surface area (TPSA) is 203 Å². The van der Waals surface area contributed by atoms with Gasteiger partial charge in [-0.05, 0) is 141 Å². The number of benzene rings is 7. The lowest BCUT2D eigenvalue weighted by Crippen LogP contribution is -1.92. The molecule has 0 atom stereocenters. The van der Waals surface area contributed by atoms with E-state index < -0.39 is 9.85 Å². The lowest BCUT2D eigenvalue weighted by atomic mass is 10.1. The number of fused-ring (bicyclic) bond motifs is 4. The summed E-state index contributed by atoms with van der Waals surface area (Å²) in [6.07, 6.45) is 10.4. The predicted octanol–water partition coefficient (Wildman–Crippen LogP) is 12.1. The molecule has 4 heterocycles. The number of nitro groups is 2. The molecule has 0 unspecified atom stereocenters. The predicted molar refractivity (Wildman–Crippen MR) is 273 cm³/mol. The van der Waals surface area contributed by atoms with E-state index in [4.69, 9.17) is 43.6 Å². The Kier molecular flexibility index (Phi) is 17.0. The Hall–Kier alpha value is -8.84. The average Bonchev–Trinajstić information content (AvgIpc) is 4.24. The van der Waals surface area contributed by atoms with Gasteiger partial charge in [0.15, 0.2) is 46.0 Å². The monoisotopic (exact) mass is 1060 g/mol. The largest absolute Gasteiger partial charge is 0.454 e. The molecule has 0 bridgehead atoms. The zero-order valence-corrected chi connectivity index (χ0v) is 39.2. The number of hydrogen-bond donors (Lipinski definition) is 1. The Morgan fingerprint density at radius 2 is 0.729 bits per heavy atom. The minimum atomic E-state index is -0.411. The summed E-state index contributed by atoms with van der Waals surface area (Å²) in [6.45, 7) is 4.80. The van der Waals surface area contributed by atoms with Crippen molar-refractivity contribution in [3.05, 3.63) is 209 Å².